The summed E-state index contributed by atoms with van der Waals surface area (Å²) in [5, 5.41) is 32.8. The van der Waals surface area contributed by atoms with Crippen LogP contribution in [-0.2, 0) is 36.8 Å². The number of aryl methyl sites for hydroxylation is 1. The van der Waals surface area contributed by atoms with E-state index in [0.717, 1.165) is 11.5 Å². The summed E-state index contributed by atoms with van der Waals surface area (Å²) in [5.41, 5.74) is -1.29. The van der Waals surface area contributed by atoms with Crippen molar-refractivity contribution in [2.24, 2.45) is 0 Å². The van der Waals surface area contributed by atoms with Gasteiger partial charge < -0.3 is 44.4 Å². The Morgan fingerprint density at radius 2 is 1.87 bits per heavy atom. The third-order valence-corrected chi connectivity index (χ3v) is 8.24. The fraction of sp³-hybridized carbons (Fsp3) is 0.722. The highest BCUT2D eigenvalue weighted by atomic mass is 31.3. The molecular weight excluding hydrogens is 560 g/mol. The van der Waals surface area contributed by atoms with E-state index in [-0.39, 0.29) is 12.0 Å². The number of carbonyl (C=O) groups is 1. The summed E-state index contributed by atoms with van der Waals surface area (Å²) in [6, 6.07) is -1.12. The largest absolute Gasteiger partial charge is 0.756 e. The van der Waals surface area contributed by atoms with E-state index in [1.54, 1.807) is 0 Å². The molecule has 5 N–H and O–H groups in total. The topological polar surface area (TPSA) is 271 Å². The molecule has 3 heterocycles. The molecule has 1 aromatic heterocycles. The fourth-order valence-corrected chi connectivity index (χ4v) is 5.93. The highest BCUT2D eigenvalue weighted by molar-refractivity contribution is 7.59. The molecule has 3 rings (SSSR count). The van der Waals surface area contributed by atoms with Crippen molar-refractivity contribution >= 4 is 21.6 Å². The Hall–Kier alpha value is -1.79. The first kappa shape index (κ1) is 30.7. The van der Waals surface area contributed by atoms with Crippen LogP contribution in [0, 0.1) is 6.92 Å². The number of aromatic amines is 1. The normalized spacial score (nSPS) is 34.8. The summed E-state index contributed by atoms with van der Waals surface area (Å²) < 4.78 is 48.7. The predicted octanol–water partition coefficient (Wildman–Crippen LogP) is -3.55. The highest BCUT2D eigenvalue weighted by Crippen LogP contribution is 2.57. The summed E-state index contributed by atoms with van der Waals surface area (Å²) in [7, 11) is -11.5. The molecule has 2 aliphatic heterocycles. The molecule has 38 heavy (non-hydrogen) atoms. The third kappa shape index (κ3) is 7.44. The van der Waals surface area contributed by atoms with Gasteiger partial charge in [0.25, 0.3) is 21.2 Å². The van der Waals surface area contributed by atoms with Gasteiger partial charge in [-0.1, -0.05) is 0 Å². The lowest BCUT2D eigenvalue weighted by Gasteiger charge is -2.43. The molecule has 216 valence electrons. The van der Waals surface area contributed by atoms with Crippen LogP contribution in [0.25, 0.3) is 0 Å². The molecule has 1 aromatic rings. The molecule has 2 aliphatic rings. The van der Waals surface area contributed by atoms with E-state index in [9.17, 15) is 48.6 Å². The van der Waals surface area contributed by atoms with Crippen molar-refractivity contribution in [2.75, 3.05) is 6.61 Å². The number of hydrogen-bond acceptors (Lipinski definition) is 15. The molecule has 18 nitrogen and oxygen atoms in total. The summed E-state index contributed by atoms with van der Waals surface area (Å²) in [6.07, 6.45) is -9.71. The van der Waals surface area contributed by atoms with Crippen LogP contribution in [0.1, 0.15) is 32.1 Å². The molecule has 0 aliphatic carbocycles. The molecule has 0 aromatic carbocycles. The summed E-state index contributed by atoms with van der Waals surface area (Å²) >= 11 is 0. The molecular formula is C18H27N3O15P2-2. The SMILES string of the molecule is CC(=O)N[C@H]1[C@H](O)[C@@H](O)C(OP(=O)([O-])OP(=O)([O-])OC[C@H]2O[C@@H](n3cc(C)c(=O)[nH]c3=O)C[C@@H]2O)O[C@@H]1C. The molecule has 0 saturated carbocycles. The van der Waals surface area contributed by atoms with Crippen LogP contribution >= 0.6 is 15.6 Å². The highest BCUT2D eigenvalue weighted by Gasteiger charge is 2.45. The average molecular weight is 587 g/mol. The third-order valence-electron chi connectivity index (χ3n) is 5.71. The lowest BCUT2D eigenvalue weighted by molar-refractivity contribution is -0.286. The zero-order chi connectivity index (χ0) is 28.6. The smallest absolute Gasteiger partial charge is 0.330 e. The Bertz CT molecular complexity index is 1240. The molecule has 3 unspecified atom stereocenters. The molecule has 0 spiro atoms. The first-order valence-corrected chi connectivity index (χ1v) is 14.0. The standard InChI is InChI=1S/C18H29N3O15P2/c1-7-5-21(18(27)20-16(7)26)12-4-10(23)11(34-12)6-32-37(28,29)36-38(30,31)35-17-15(25)14(24)13(8(2)33-17)19-9(3)22/h5,8,10-15,17,23-25H,4,6H2,1-3H3,(H,19,22)(H,28,29)(H,30,31)(H,20,26,27)/p-2/t8-,10+,11-,12-,13-,14+,15-,17?/m1/s1. The molecule has 0 bridgehead atoms. The second-order valence-electron chi connectivity index (χ2n) is 8.71. The van der Waals surface area contributed by atoms with Gasteiger partial charge in [0.05, 0.1) is 24.9 Å². The minimum atomic E-state index is -5.79. The number of ether oxygens (including phenoxy) is 2. The summed E-state index contributed by atoms with van der Waals surface area (Å²) in [5.74, 6) is -0.568. The van der Waals surface area contributed by atoms with Crippen LogP contribution in [0.4, 0.5) is 0 Å². The van der Waals surface area contributed by atoms with E-state index in [0.29, 0.717) is 0 Å². The summed E-state index contributed by atoms with van der Waals surface area (Å²) in [6.45, 7) is 2.97. The van der Waals surface area contributed by atoms with Crippen LogP contribution in [0.3, 0.4) is 0 Å². The van der Waals surface area contributed by atoms with Gasteiger partial charge in [0.2, 0.25) is 5.91 Å². The number of nitrogens with one attached hydrogen (secondary N) is 2. The first-order chi connectivity index (χ1) is 17.5. The number of amides is 1. The maximum Gasteiger partial charge on any atom is 0.330 e. The number of hydrogen-bond donors (Lipinski definition) is 5. The van der Waals surface area contributed by atoms with E-state index < -0.39 is 88.5 Å². The first-order valence-electron chi connectivity index (χ1n) is 11.1. The Kier molecular flexibility index (Phi) is 9.51. The monoisotopic (exact) mass is 587 g/mol. The lowest BCUT2D eigenvalue weighted by atomic mass is 9.97. The number of aromatic nitrogens is 2. The Morgan fingerprint density at radius 1 is 1.21 bits per heavy atom. The molecule has 2 fully saturated rings. The van der Waals surface area contributed by atoms with Crippen LogP contribution in [0.15, 0.2) is 15.8 Å². The number of rotatable bonds is 9. The van der Waals surface area contributed by atoms with Gasteiger partial charge in [-0.3, -0.25) is 32.8 Å². The fourth-order valence-electron chi connectivity index (χ4n) is 3.85. The maximum atomic E-state index is 12.2. The average Bonchev–Trinajstić information content (AvgIpc) is 3.15. The van der Waals surface area contributed by atoms with Crippen LogP contribution in [0.2, 0.25) is 0 Å². The number of phosphoric acid groups is 2. The van der Waals surface area contributed by atoms with Gasteiger partial charge >= 0.3 is 5.69 Å². The van der Waals surface area contributed by atoms with Crippen molar-refractivity contribution in [1.82, 2.24) is 14.9 Å². The predicted molar refractivity (Wildman–Crippen MR) is 118 cm³/mol. The van der Waals surface area contributed by atoms with Crippen LogP contribution in [0.5, 0.6) is 0 Å². The van der Waals surface area contributed by atoms with Crippen LogP contribution < -0.4 is 26.4 Å². The Balaban J connectivity index is 1.58. The number of aliphatic hydroxyl groups excluding tert-OH is 3. The summed E-state index contributed by atoms with van der Waals surface area (Å²) in [4.78, 5) is 61.1. The second-order valence-corrected chi connectivity index (χ2v) is 11.6. The van der Waals surface area contributed by atoms with Gasteiger partial charge in [-0.15, -0.1) is 0 Å². The van der Waals surface area contributed by atoms with Crippen molar-refractivity contribution in [3.05, 3.63) is 32.6 Å². The molecule has 1 amide bonds. The van der Waals surface area contributed by atoms with E-state index in [1.807, 2.05) is 0 Å². The van der Waals surface area contributed by atoms with Gasteiger partial charge in [-0.25, -0.2) is 9.11 Å². The van der Waals surface area contributed by atoms with Gasteiger partial charge in [-0.2, -0.15) is 0 Å². The maximum absolute atomic E-state index is 12.2. The number of phosphoric ester groups is 2. The molecule has 20 heteroatoms. The van der Waals surface area contributed by atoms with E-state index in [2.05, 4.69) is 23.7 Å². The van der Waals surface area contributed by atoms with E-state index >= 15 is 0 Å². The minimum absolute atomic E-state index is 0.172. The van der Waals surface area contributed by atoms with Crippen molar-refractivity contribution < 1.29 is 61.9 Å². The number of carbonyl (C=O) groups excluding carboxylic acids is 1. The van der Waals surface area contributed by atoms with Crippen molar-refractivity contribution in [3.8, 4) is 0 Å². The lowest BCUT2D eigenvalue weighted by Crippen LogP contribution is -2.62. The molecule has 0 radical (unpaired) electrons. The Morgan fingerprint density at radius 3 is 2.50 bits per heavy atom. The van der Waals surface area contributed by atoms with E-state index in [4.69, 9.17) is 9.47 Å². The number of aliphatic hydroxyl groups is 3. The van der Waals surface area contributed by atoms with E-state index in [1.165, 1.54) is 20.0 Å². The number of nitrogens with zero attached hydrogens (tertiary/aromatic N) is 1. The van der Waals surface area contributed by atoms with Crippen molar-refractivity contribution in [2.45, 2.75) is 76.3 Å². The van der Waals surface area contributed by atoms with Gasteiger partial charge in [0.1, 0.15) is 24.5 Å². The zero-order valence-corrected chi connectivity index (χ0v) is 22.0. The number of H-pyrrole nitrogens is 1. The van der Waals surface area contributed by atoms with Gasteiger partial charge in [-0.05, 0) is 13.8 Å². The van der Waals surface area contributed by atoms with Crippen molar-refractivity contribution in [3.63, 3.8) is 0 Å². The van der Waals surface area contributed by atoms with Gasteiger partial charge in [0, 0.05) is 25.1 Å². The van der Waals surface area contributed by atoms with Crippen LogP contribution in [-0.4, -0.2) is 80.2 Å². The van der Waals surface area contributed by atoms with Crippen molar-refractivity contribution in [1.29, 1.82) is 0 Å². The molecule has 10 atom stereocenters. The quantitative estimate of drug-likeness (QED) is 0.175. The van der Waals surface area contributed by atoms with Gasteiger partial charge in [0.15, 0.2) is 6.29 Å². The minimum Gasteiger partial charge on any atom is -0.756 e. The second kappa shape index (κ2) is 11.8. The molecule has 2 saturated heterocycles. The Labute approximate surface area is 214 Å². The zero-order valence-electron chi connectivity index (χ0n) is 20.2.